The van der Waals surface area contributed by atoms with Crippen molar-refractivity contribution in [1.29, 1.82) is 0 Å². The monoisotopic (exact) mass is 428 g/mol. The number of esters is 1. The van der Waals surface area contributed by atoms with Crippen LogP contribution in [-0.2, 0) is 19.0 Å². The van der Waals surface area contributed by atoms with Crippen LogP contribution in [0.1, 0.15) is 78.6 Å². The number of rotatable bonds is 1. The second-order valence-electron chi connectivity index (χ2n) is 11.5. The zero-order valence-electron chi connectivity index (χ0n) is 19.2. The molecule has 1 unspecified atom stereocenters. The summed E-state index contributed by atoms with van der Waals surface area (Å²) in [5, 5.41) is 11.6. The number of allylic oxidation sites excluding steroid dienone is 3. The van der Waals surface area contributed by atoms with Crippen molar-refractivity contribution in [2.45, 2.75) is 95.5 Å². The normalized spacial score (nSPS) is 50.0. The molecular formula is C26H36O5. The highest BCUT2D eigenvalue weighted by Gasteiger charge is 2.73. The molecule has 0 radical (unpaired) electrons. The lowest BCUT2D eigenvalue weighted by Crippen LogP contribution is -2.60. The van der Waals surface area contributed by atoms with E-state index in [9.17, 15) is 9.90 Å². The number of hydrogen-bond acceptors (Lipinski definition) is 5. The average molecular weight is 429 g/mol. The predicted molar refractivity (Wildman–Crippen MR) is 115 cm³/mol. The number of fused-ring (bicyclic) bond motifs is 6. The third-order valence-corrected chi connectivity index (χ3v) is 10.5. The van der Waals surface area contributed by atoms with E-state index >= 15 is 0 Å². The van der Waals surface area contributed by atoms with E-state index in [1.165, 1.54) is 5.57 Å². The molecular weight excluding hydrogens is 392 g/mol. The minimum Gasteiger partial charge on any atom is -0.455 e. The molecule has 6 aliphatic rings. The van der Waals surface area contributed by atoms with Gasteiger partial charge in [0.05, 0.1) is 19.6 Å². The Bertz CT molecular complexity index is 884. The number of ether oxygens (including phenoxy) is 3. The molecule has 5 nitrogen and oxygen atoms in total. The second-order valence-corrected chi connectivity index (χ2v) is 11.5. The standard InChI is InChI=1S/C26H36O5/c1-4-24(28)16-21(27)31-26(24)10-8-20-18-6-5-17-15-25(29-13-14-30-25)12-11-22(17,2)19(18)7-9-23(20,26)3/h5,7,18,20,28H,4,6,8-16H2,1-3H3/t18-,20+,22+,23+,24?,26-/m1/s1. The molecule has 0 aromatic heterocycles. The van der Waals surface area contributed by atoms with Crippen molar-refractivity contribution < 1.29 is 24.1 Å². The third-order valence-electron chi connectivity index (χ3n) is 10.5. The van der Waals surface area contributed by atoms with Crippen LogP contribution in [0, 0.1) is 22.7 Å². The van der Waals surface area contributed by atoms with Gasteiger partial charge in [-0.25, -0.2) is 0 Å². The summed E-state index contributed by atoms with van der Waals surface area (Å²) in [6, 6.07) is 0. The van der Waals surface area contributed by atoms with Gasteiger partial charge < -0.3 is 19.3 Å². The van der Waals surface area contributed by atoms with Gasteiger partial charge >= 0.3 is 5.97 Å². The molecule has 0 bridgehead atoms. The fraction of sp³-hybridized carbons (Fsp3) is 0.808. The zero-order valence-corrected chi connectivity index (χ0v) is 19.2. The maximum atomic E-state index is 12.4. The molecule has 2 heterocycles. The molecule has 0 amide bonds. The number of carbonyl (C=O) groups excluding carboxylic acids is 1. The van der Waals surface area contributed by atoms with Crippen LogP contribution >= 0.6 is 0 Å². The first-order valence-electron chi connectivity index (χ1n) is 12.3. The topological polar surface area (TPSA) is 65.0 Å². The molecule has 4 aliphatic carbocycles. The Morgan fingerprint density at radius 1 is 1.10 bits per heavy atom. The van der Waals surface area contributed by atoms with Gasteiger partial charge in [0.2, 0.25) is 0 Å². The van der Waals surface area contributed by atoms with Crippen molar-refractivity contribution in [3.8, 4) is 0 Å². The summed E-state index contributed by atoms with van der Waals surface area (Å²) in [6.07, 6.45) is 12.2. The van der Waals surface area contributed by atoms with Gasteiger partial charge in [-0.05, 0) is 50.4 Å². The highest BCUT2D eigenvalue weighted by Crippen LogP contribution is 2.70. The molecule has 6 atom stereocenters. The fourth-order valence-electron chi connectivity index (χ4n) is 8.70. The zero-order chi connectivity index (χ0) is 21.7. The largest absolute Gasteiger partial charge is 0.455 e. The lowest BCUT2D eigenvalue weighted by atomic mass is 9.50. The van der Waals surface area contributed by atoms with Gasteiger partial charge in [-0.1, -0.05) is 44.1 Å². The Morgan fingerprint density at radius 3 is 2.61 bits per heavy atom. The third kappa shape index (κ3) is 2.36. The molecule has 2 saturated carbocycles. The van der Waals surface area contributed by atoms with Crippen molar-refractivity contribution in [1.82, 2.24) is 0 Å². The second kappa shape index (κ2) is 6.24. The minimum absolute atomic E-state index is 0.0774. The van der Waals surface area contributed by atoms with Crippen molar-refractivity contribution >= 4 is 5.97 Å². The maximum absolute atomic E-state index is 12.4. The quantitative estimate of drug-likeness (QED) is 0.494. The highest BCUT2D eigenvalue weighted by atomic mass is 16.7. The first-order chi connectivity index (χ1) is 14.7. The van der Waals surface area contributed by atoms with Crippen LogP contribution in [0.5, 0.6) is 0 Å². The van der Waals surface area contributed by atoms with Crippen LogP contribution in [0.25, 0.3) is 0 Å². The molecule has 4 fully saturated rings. The Morgan fingerprint density at radius 2 is 1.87 bits per heavy atom. The van der Waals surface area contributed by atoms with Crippen LogP contribution in [0.4, 0.5) is 0 Å². The number of hydrogen-bond donors (Lipinski definition) is 1. The van der Waals surface area contributed by atoms with E-state index < -0.39 is 17.0 Å². The molecule has 31 heavy (non-hydrogen) atoms. The van der Waals surface area contributed by atoms with Gasteiger partial charge in [0.15, 0.2) is 5.79 Å². The van der Waals surface area contributed by atoms with Crippen LogP contribution in [0.15, 0.2) is 23.3 Å². The molecule has 0 aromatic carbocycles. The molecule has 1 N–H and O–H groups in total. The van der Waals surface area contributed by atoms with Crippen LogP contribution in [0.2, 0.25) is 0 Å². The van der Waals surface area contributed by atoms with E-state index in [4.69, 9.17) is 14.2 Å². The summed E-state index contributed by atoms with van der Waals surface area (Å²) in [6.45, 7) is 8.11. The smallest absolute Gasteiger partial charge is 0.309 e. The summed E-state index contributed by atoms with van der Waals surface area (Å²) in [4.78, 5) is 12.4. The van der Waals surface area contributed by atoms with Gasteiger partial charge in [-0.15, -0.1) is 0 Å². The van der Waals surface area contributed by atoms with E-state index in [0.717, 1.165) is 44.9 Å². The number of aliphatic hydroxyl groups is 1. The lowest BCUT2D eigenvalue weighted by molar-refractivity contribution is -0.194. The molecule has 170 valence electrons. The predicted octanol–water partition coefficient (Wildman–Crippen LogP) is 4.44. The Labute approximate surface area is 185 Å². The molecule has 5 heteroatoms. The molecule has 2 spiro atoms. The van der Waals surface area contributed by atoms with Crippen LogP contribution in [-0.4, -0.2) is 41.3 Å². The van der Waals surface area contributed by atoms with Crippen LogP contribution < -0.4 is 0 Å². The van der Waals surface area contributed by atoms with E-state index in [2.05, 4.69) is 26.0 Å². The molecule has 6 rings (SSSR count). The van der Waals surface area contributed by atoms with Crippen molar-refractivity contribution in [2.24, 2.45) is 22.7 Å². The van der Waals surface area contributed by atoms with Gasteiger partial charge in [0.1, 0.15) is 11.2 Å². The summed E-state index contributed by atoms with van der Waals surface area (Å²) >= 11 is 0. The summed E-state index contributed by atoms with van der Waals surface area (Å²) in [7, 11) is 0. The van der Waals surface area contributed by atoms with E-state index in [1.807, 2.05) is 6.92 Å². The van der Waals surface area contributed by atoms with Crippen molar-refractivity contribution in [3.63, 3.8) is 0 Å². The van der Waals surface area contributed by atoms with Gasteiger partial charge in [-0.2, -0.15) is 0 Å². The number of carbonyl (C=O) groups is 1. The summed E-state index contributed by atoms with van der Waals surface area (Å²) in [5.41, 5.74) is 1.14. The average Bonchev–Trinajstić information content (AvgIpc) is 3.39. The molecule has 2 aliphatic heterocycles. The fourth-order valence-corrected chi connectivity index (χ4v) is 8.70. The Balaban J connectivity index is 1.37. The van der Waals surface area contributed by atoms with E-state index in [-0.39, 0.29) is 23.2 Å². The first kappa shape index (κ1) is 20.4. The van der Waals surface area contributed by atoms with Crippen molar-refractivity contribution in [3.05, 3.63) is 23.3 Å². The van der Waals surface area contributed by atoms with Gasteiger partial charge in [-0.3, -0.25) is 4.79 Å². The lowest BCUT2D eigenvalue weighted by Gasteiger charge is -2.57. The molecule has 2 saturated heterocycles. The summed E-state index contributed by atoms with van der Waals surface area (Å²) in [5.74, 6) is 0.273. The SMILES string of the molecule is CCC1(O)CC(=O)O[C@@]12CC[C@H]1[C@@H]3CC=C4CC5(CC[C@]4(C)C3=CC[C@@]12C)OCCO5. The van der Waals surface area contributed by atoms with E-state index in [0.29, 0.717) is 31.5 Å². The van der Waals surface area contributed by atoms with E-state index in [1.54, 1.807) is 5.57 Å². The first-order valence-corrected chi connectivity index (χ1v) is 12.3. The Kier molecular flexibility index (Phi) is 4.11. The highest BCUT2D eigenvalue weighted by molar-refractivity contribution is 5.75. The summed E-state index contributed by atoms with van der Waals surface area (Å²) < 4.78 is 18.2. The minimum atomic E-state index is -1.05. The van der Waals surface area contributed by atoms with Gasteiger partial charge in [0.25, 0.3) is 0 Å². The van der Waals surface area contributed by atoms with Crippen molar-refractivity contribution in [2.75, 3.05) is 13.2 Å². The Hall–Kier alpha value is -1.17. The maximum Gasteiger partial charge on any atom is 0.309 e. The van der Waals surface area contributed by atoms with Gasteiger partial charge in [0, 0.05) is 23.7 Å². The van der Waals surface area contributed by atoms with Crippen LogP contribution in [0.3, 0.4) is 0 Å². The molecule has 0 aromatic rings.